The predicted molar refractivity (Wildman–Crippen MR) is 221 cm³/mol. The van der Waals surface area contributed by atoms with Crippen LogP contribution in [0.5, 0.6) is 0 Å². The summed E-state index contributed by atoms with van der Waals surface area (Å²) in [5, 5.41) is 0. The van der Waals surface area contributed by atoms with Crippen LogP contribution < -0.4 is 0 Å². The van der Waals surface area contributed by atoms with Gasteiger partial charge < -0.3 is 18.9 Å². The third-order valence-corrected chi connectivity index (χ3v) is 10.1. The van der Waals surface area contributed by atoms with Crippen molar-refractivity contribution < 1.29 is 38.1 Å². The van der Waals surface area contributed by atoms with Gasteiger partial charge in [-0.3, -0.25) is 19.2 Å². The molecule has 8 nitrogen and oxygen atoms in total. The molecule has 7 unspecified atom stereocenters. The number of carbonyl (C=O) groups is 4. The van der Waals surface area contributed by atoms with E-state index in [-0.39, 0.29) is 59.8 Å². The number of hydrogen-bond acceptors (Lipinski definition) is 8. The van der Waals surface area contributed by atoms with Crippen molar-refractivity contribution in [2.24, 2.45) is 23.7 Å². The summed E-state index contributed by atoms with van der Waals surface area (Å²) in [5.41, 5.74) is 0. The van der Waals surface area contributed by atoms with E-state index in [1.165, 1.54) is 0 Å². The van der Waals surface area contributed by atoms with Gasteiger partial charge in [0, 0.05) is 0 Å². The SMILES string of the molecule is C=CC(CCC(CC)C(=O)OC(/C=C/CCC(CC)C(=O)OC/C=C/CCC)CCCC)OC(=O)C(CC)CCC(/C=C/CCCC)OC(=O)C(C)CC. The molecule has 0 fully saturated rings. The van der Waals surface area contributed by atoms with Crippen molar-refractivity contribution in [2.75, 3.05) is 6.61 Å². The molecule has 0 aliphatic heterocycles. The van der Waals surface area contributed by atoms with Gasteiger partial charge in [0.05, 0.1) is 23.7 Å². The summed E-state index contributed by atoms with van der Waals surface area (Å²) in [5.74, 6) is -1.95. The molecule has 0 rings (SSSR count). The fourth-order valence-corrected chi connectivity index (χ4v) is 5.85. The van der Waals surface area contributed by atoms with Crippen LogP contribution in [0.3, 0.4) is 0 Å². The topological polar surface area (TPSA) is 105 Å². The summed E-state index contributed by atoms with van der Waals surface area (Å²) in [6, 6.07) is 0. The first-order valence-corrected chi connectivity index (χ1v) is 21.4. The minimum Gasteiger partial charge on any atom is -0.461 e. The van der Waals surface area contributed by atoms with Gasteiger partial charge in [-0.1, -0.05) is 118 Å². The predicted octanol–water partition coefficient (Wildman–Crippen LogP) is 11.8. The minimum atomic E-state index is -0.525. The summed E-state index contributed by atoms with van der Waals surface area (Å²) < 4.78 is 23.2. The van der Waals surface area contributed by atoms with E-state index < -0.39 is 6.10 Å². The number of allylic oxidation sites excluding steroid dienone is 3. The molecule has 0 radical (unpaired) electrons. The maximum Gasteiger partial charge on any atom is 0.309 e. The Morgan fingerprint density at radius 3 is 1.56 bits per heavy atom. The molecule has 310 valence electrons. The van der Waals surface area contributed by atoms with Crippen molar-refractivity contribution in [3.8, 4) is 0 Å². The van der Waals surface area contributed by atoms with E-state index in [0.29, 0.717) is 70.8 Å². The van der Waals surface area contributed by atoms with Gasteiger partial charge in [-0.15, -0.1) is 0 Å². The largest absolute Gasteiger partial charge is 0.461 e. The third kappa shape index (κ3) is 23.6. The number of unbranched alkanes of at least 4 members (excludes halogenated alkanes) is 4. The molecular weight excluding hydrogens is 680 g/mol. The first kappa shape index (κ1) is 50.8. The Labute approximate surface area is 330 Å². The van der Waals surface area contributed by atoms with E-state index in [1.54, 1.807) is 6.08 Å². The van der Waals surface area contributed by atoms with E-state index in [4.69, 9.17) is 18.9 Å². The summed E-state index contributed by atoms with van der Waals surface area (Å²) >= 11 is 0. The van der Waals surface area contributed by atoms with E-state index in [1.807, 2.05) is 65.0 Å². The van der Waals surface area contributed by atoms with Crippen molar-refractivity contribution in [1.29, 1.82) is 0 Å². The zero-order chi connectivity index (χ0) is 40.6. The second-order valence-corrected chi connectivity index (χ2v) is 14.5. The van der Waals surface area contributed by atoms with Gasteiger partial charge in [0.1, 0.15) is 24.9 Å². The maximum absolute atomic E-state index is 13.4. The lowest BCUT2D eigenvalue weighted by molar-refractivity contribution is -0.154. The van der Waals surface area contributed by atoms with Crippen LogP contribution in [0.15, 0.2) is 49.1 Å². The summed E-state index contributed by atoms with van der Waals surface area (Å²) in [6.07, 6.45) is 26.2. The zero-order valence-electron chi connectivity index (χ0n) is 35.5. The molecule has 0 aliphatic carbocycles. The van der Waals surface area contributed by atoms with Gasteiger partial charge in [0.2, 0.25) is 0 Å². The van der Waals surface area contributed by atoms with E-state index in [2.05, 4.69) is 33.4 Å². The average Bonchev–Trinajstić information content (AvgIpc) is 3.17. The molecule has 7 atom stereocenters. The van der Waals surface area contributed by atoms with Crippen LogP contribution in [0.1, 0.15) is 171 Å². The summed E-state index contributed by atoms with van der Waals surface area (Å²) in [6.45, 7) is 20.3. The molecule has 0 aromatic heterocycles. The molecule has 0 aromatic rings. The summed E-state index contributed by atoms with van der Waals surface area (Å²) in [7, 11) is 0. The monoisotopic (exact) mass is 759 g/mol. The van der Waals surface area contributed by atoms with Gasteiger partial charge in [0.25, 0.3) is 0 Å². The second-order valence-electron chi connectivity index (χ2n) is 14.5. The van der Waals surface area contributed by atoms with E-state index >= 15 is 0 Å². The zero-order valence-corrected chi connectivity index (χ0v) is 35.5. The van der Waals surface area contributed by atoms with Crippen molar-refractivity contribution in [3.05, 3.63) is 49.1 Å². The number of ether oxygens (including phenoxy) is 4. The van der Waals surface area contributed by atoms with Gasteiger partial charge in [-0.25, -0.2) is 0 Å². The quantitative estimate of drug-likeness (QED) is 0.0282. The molecular formula is C46H78O8. The minimum absolute atomic E-state index is 0.164. The van der Waals surface area contributed by atoms with Gasteiger partial charge in [-0.2, -0.15) is 0 Å². The highest BCUT2D eigenvalue weighted by molar-refractivity contribution is 5.74. The lowest BCUT2D eigenvalue weighted by Gasteiger charge is -2.23. The van der Waals surface area contributed by atoms with Crippen molar-refractivity contribution in [3.63, 3.8) is 0 Å². The Morgan fingerprint density at radius 2 is 1.02 bits per heavy atom. The lowest BCUT2D eigenvalue weighted by Crippen LogP contribution is -2.27. The van der Waals surface area contributed by atoms with Crippen molar-refractivity contribution in [1.82, 2.24) is 0 Å². The number of carbonyl (C=O) groups excluding carboxylic acids is 4. The fourth-order valence-electron chi connectivity index (χ4n) is 5.85. The molecule has 0 aromatic carbocycles. The molecule has 0 aliphatic rings. The highest BCUT2D eigenvalue weighted by Crippen LogP contribution is 2.23. The Balaban J connectivity index is 5.24. The molecule has 0 N–H and O–H groups in total. The van der Waals surface area contributed by atoms with Crippen LogP contribution in [0, 0.1) is 23.7 Å². The molecule has 0 heterocycles. The van der Waals surface area contributed by atoms with Gasteiger partial charge in [0.15, 0.2) is 0 Å². The van der Waals surface area contributed by atoms with E-state index in [9.17, 15) is 19.2 Å². The third-order valence-electron chi connectivity index (χ3n) is 10.1. The van der Waals surface area contributed by atoms with Gasteiger partial charge >= 0.3 is 23.9 Å². The highest BCUT2D eigenvalue weighted by atomic mass is 16.6. The van der Waals surface area contributed by atoms with Crippen LogP contribution in [-0.2, 0) is 38.1 Å². The van der Waals surface area contributed by atoms with E-state index in [0.717, 1.165) is 51.4 Å². The second kappa shape index (κ2) is 33.2. The number of rotatable bonds is 33. The van der Waals surface area contributed by atoms with Crippen LogP contribution in [0.25, 0.3) is 0 Å². The Bertz CT molecular complexity index is 1110. The number of esters is 4. The fraction of sp³-hybridized carbons (Fsp3) is 0.739. The van der Waals surface area contributed by atoms with Crippen LogP contribution in [0.4, 0.5) is 0 Å². The Kier molecular flexibility index (Phi) is 31.3. The smallest absolute Gasteiger partial charge is 0.309 e. The first-order chi connectivity index (χ1) is 26.0. The van der Waals surface area contributed by atoms with Gasteiger partial charge in [-0.05, 0) is 102 Å². The molecule has 0 bridgehead atoms. The molecule has 0 spiro atoms. The first-order valence-electron chi connectivity index (χ1n) is 21.4. The van der Waals surface area contributed by atoms with Crippen LogP contribution in [0.2, 0.25) is 0 Å². The Morgan fingerprint density at radius 1 is 0.500 bits per heavy atom. The molecule has 54 heavy (non-hydrogen) atoms. The molecule has 0 amide bonds. The average molecular weight is 759 g/mol. The van der Waals surface area contributed by atoms with Crippen molar-refractivity contribution >= 4 is 23.9 Å². The van der Waals surface area contributed by atoms with Crippen LogP contribution >= 0.6 is 0 Å². The standard InChI is InChI=1S/C46H78O8/c1-10-18-21-23-29-42(53-43(47)36(9)13-4)34-32-39(16-7)45(49)52-40(17-8)33-31-38(15-6)46(50)54-41(28-20-12-3)30-25-24-27-37(14-5)44(48)51-35-26-22-19-11-2/h17,22-23,25-26,29-30,36-42H,8,10-16,18-21,24,27-28,31-35H2,1-7,9H3/b26-22+,29-23+,30-25+. The molecule has 0 saturated carbocycles. The Hall–Kier alpha value is -3.16. The number of hydrogen-bond donors (Lipinski definition) is 0. The highest BCUT2D eigenvalue weighted by Gasteiger charge is 2.26. The van der Waals surface area contributed by atoms with Crippen molar-refractivity contribution in [2.45, 2.75) is 189 Å². The van der Waals surface area contributed by atoms with Crippen LogP contribution in [-0.4, -0.2) is 48.8 Å². The normalized spacial score (nSPS) is 15.7. The molecule has 8 heteroatoms. The molecule has 0 saturated heterocycles. The maximum atomic E-state index is 13.4. The summed E-state index contributed by atoms with van der Waals surface area (Å²) in [4.78, 5) is 51.8. The lowest BCUT2D eigenvalue weighted by atomic mass is 9.96.